The van der Waals surface area contributed by atoms with Crippen molar-refractivity contribution < 1.29 is 19.4 Å². The van der Waals surface area contributed by atoms with E-state index in [-0.39, 0.29) is 11.5 Å². The van der Waals surface area contributed by atoms with Gasteiger partial charge in [-0.05, 0) is 47.5 Å². The molecule has 0 saturated carbocycles. The molecule has 0 atom stereocenters. The number of methoxy groups -OCH3 is 2. The van der Waals surface area contributed by atoms with E-state index in [4.69, 9.17) is 9.47 Å². The van der Waals surface area contributed by atoms with Gasteiger partial charge in [0.1, 0.15) is 17.3 Å². The first-order chi connectivity index (χ1) is 12.1. The van der Waals surface area contributed by atoms with Gasteiger partial charge in [0.15, 0.2) is 5.78 Å². The van der Waals surface area contributed by atoms with Gasteiger partial charge >= 0.3 is 0 Å². The lowest BCUT2D eigenvalue weighted by Gasteiger charge is -2.00. The van der Waals surface area contributed by atoms with Crippen molar-refractivity contribution in [3.63, 3.8) is 0 Å². The molecule has 0 fully saturated rings. The molecular formula is C21H20O4. The molecule has 4 nitrogen and oxygen atoms in total. The zero-order valence-electron chi connectivity index (χ0n) is 14.2. The van der Waals surface area contributed by atoms with Crippen LogP contribution in [0.4, 0.5) is 0 Å². The van der Waals surface area contributed by atoms with Crippen molar-refractivity contribution in [1.82, 2.24) is 0 Å². The van der Waals surface area contributed by atoms with Crippen LogP contribution >= 0.6 is 0 Å². The maximum atomic E-state index is 11.9. The highest BCUT2D eigenvalue weighted by Gasteiger charge is 1.97. The SMILES string of the molecule is COc1cccc(/C=C/C(=O)/C=C(O)\C=C\c2cccc(OC)c2)c1. The van der Waals surface area contributed by atoms with E-state index >= 15 is 0 Å². The van der Waals surface area contributed by atoms with Crippen molar-refractivity contribution in [2.75, 3.05) is 14.2 Å². The van der Waals surface area contributed by atoms with E-state index in [0.717, 1.165) is 23.0 Å². The van der Waals surface area contributed by atoms with Gasteiger partial charge < -0.3 is 14.6 Å². The topological polar surface area (TPSA) is 55.8 Å². The van der Waals surface area contributed by atoms with E-state index in [1.54, 1.807) is 26.4 Å². The van der Waals surface area contributed by atoms with Gasteiger partial charge in [-0.15, -0.1) is 0 Å². The van der Waals surface area contributed by atoms with Gasteiger partial charge in [0.05, 0.1) is 14.2 Å². The summed E-state index contributed by atoms with van der Waals surface area (Å²) in [5.41, 5.74) is 1.70. The van der Waals surface area contributed by atoms with E-state index in [0.29, 0.717) is 5.75 Å². The van der Waals surface area contributed by atoms with Gasteiger partial charge in [0, 0.05) is 6.08 Å². The predicted molar refractivity (Wildman–Crippen MR) is 99.8 cm³/mol. The first-order valence-corrected chi connectivity index (χ1v) is 7.69. The summed E-state index contributed by atoms with van der Waals surface area (Å²) in [6, 6.07) is 14.7. The molecule has 2 aromatic rings. The molecule has 128 valence electrons. The summed E-state index contributed by atoms with van der Waals surface area (Å²) in [6.07, 6.45) is 7.39. The quantitative estimate of drug-likeness (QED) is 0.461. The Balaban J connectivity index is 2.01. The lowest BCUT2D eigenvalue weighted by atomic mass is 10.1. The number of carbonyl (C=O) groups excluding carboxylic acids is 1. The average Bonchev–Trinajstić information content (AvgIpc) is 2.65. The molecule has 0 heterocycles. The van der Waals surface area contributed by atoms with E-state index in [9.17, 15) is 9.90 Å². The number of hydrogen-bond acceptors (Lipinski definition) is 4. The first-order valence-electron chi connectivity index (χ1n) is 7.69. The van der Waals surface area contributed by atoms with Crippen molar-refractivity contribution in [3.05, 3.63) is 83.6 Å². The third kappa shape index (κ3) is 6.03. The van der Waals surface area contributed by atoms with Crippen LogP contribution in [0.1, 0.15) is 11.1 Å². The molecule has 0 aliphatic heterocycles. The van der Waals surface area contributed by atoms with Crippen LogP contribution in [-0.2, 0) is 4.79 Å². The number of aliphatic hydroxyl groups is 1. The molecule has 0 spiro atoms. The Morgan fingerprint density at radius 2 is 1.40 bits per heavy atom. The fourth-order valence-electron chi connectivity index (χ4n) is 2.09. The molecule has 4 heteroatoms. The molecule has 0 aromatic heterocycles. The molecule has 2 rings (SSSR count). The minimum Gasteiger partial charge on any atom is -0.508 e. The summed E-state index contributed by atoms with van der Waals surface area (Å²) in [7, 11) is 3.18. The number of aliphatic hydroxyl groups excluding tert-OH is 1. The number of rotatable bonds is 7. The van der Waals surface area contributed by atoms with Crippen LogP contribution in [0.2, 0.25) is 0 Å². The number of hydrogen-bond donors (Lipinski definition) is 1. The van der Waals surface area contributed by atoms with Crippen LogP contribution in [0.5, 0.6) is 11.5 Å². The molecule has 1 N–H and O–H groups in total. The predicted octanol–water partition coefficient (Wildman–Crippen LogP) is 4.44. The first kappa shape index (κ1) is 18.1. The van der Waals surface area contributed by atoms with Gasteiger partial charge in [-0.3, -0.25) is 4.79 Å². The summed E-state index contributed by atoms with van der Waals surface area (Å²) < 4.78 is 10.3. The smallest absolute Gasteiger partial charge is 0.182 e. The highest BCUT2D eigenvalue weighted by atomic mass is 16.5. The van der Waals surface area contributed by atoms with Crippen LogP contribution in [0.15, 0.2) is 72.5 Å². The minimum absolute atomic E-state index is 0.122. The maximum absolute atomic E-state index is 11.9. The third-order valence-corrected chi connectivity index (χ3v) is 3.36. The second kappa shape index (κ2) is 9.13. The number of ketones is 1. The summed E-state index contributed by atoms with van der Waals surface area (Å²) >= 11 is 0. The zero-order valence-corrected chi connectivity index (χ0v) is 14.2. The Bertz CT molecular complexity index is 816. The second-order valence-corrected chi connectivity index (χ2v) is 5.19. The summed E-state index contributed by atoms with van der Waals surface area (Å²) in [6.45, 7) is 0. The molecular weight excluding hydrogens is 316 g/mol. The fourth-order valence-corrected chi connectivity index (χ4v) is 2.09. The van der Waals surface area contributed by atoms with E-state index in [1.807, 2.05) is 48.5 Å². The Morgan fingerprint density at radius 1 is 0.880 bits per heavy atom. The normalized spacial score (nSPS) is 11.8. The van der Waals surface area contributed by atoms with Gasteiger partial charge in [-0.2, -0.15) is 0 Å². The number of carbonyl (C=O) groups is 1. The van der Waals surface area contributed by atoms with Crippen molar-refractivity contribution in [2.45, 2.75) is 0 Å². The standard InChI is InChI=1S/C21H20O4/c1-24-20-7-3-5-16(13-20)9-11-18(22)15-19(23)12-10-17-6-4-8-21(14-17)25-2/h3-15,22H,1-2H3/b11-9+,12-10+,18-15+. The van der Waals surface area contributed by atoms with Crippen molar-refractivity contribution in [2.24, 2.45) is 0 Å². The molecule has 0 bridgehead atoms. The molecule has 0 radical (unpaired) electrons. The largest absolute Gasteiger partial charge is 0.508 e. The van der Waals surface area contributed by atoms with Gasteiger partial charge in [-0.25, -0.2) is 0 Å². The number of benzene rings is 2. The molecule has 25 heavy (non-hydrogen) atoms. The second-order valence-electron chi connectivity index (χ2n) is 5.19. The van der Waals surface area contributed by atoms with Crippen molar-refractivity contribution in [3.8, 4) is 11.5 Å². The lowest BCUT2D eigenvalue weighted by molar-refractivity contribution is -0.110. The van der Waals surface area contributed by atoms with Crippen LogP contribution in [0.25, 0.3) is 12.2 Å². The molecule has 0 unspecified atom stereocenters. The van der Waals surface area contributed by atoms with Gasteiger partial charge in [0.2, 0.25) is 0 Å². The molecule has 2 aromatic carbocycles. The Hall–Kier alpha value is -3.27. The monoisotopic (exact) mass is 336 g/mol. The Labute approximate surface area is 147 Å². The molecule has 0 aliphatic carbocycles. The Morgan fingerprint density at radius 3 is 1.92 bits per heavy atom. The zero-order chi connectivity index (χ0) is 18.1. The minimum atomic E-state index is -0.310. The van der Waals surface area contributed by atoms with Crippen LogP contribution in [-0.4, -0.2) is 25.1 Å². The molecule has 0 amide bonds. The van der Waals surface area contributed by atoms with Gasteiger partial charge in [0.25, 0.3) is 0 Å². The van der Waals surface area contributed by atoms with E-state index < -0.39 is 0 Å². The number of ether oxygens (including phenoxy) is 2. The van der Waals surface area contributed by atoms with E-state index in [1.165, 1.54) is 12.2 Å². The fraction of sp³-hybridized carbons (Fsp3) is 0.0952. The molecule has 0 aliphatic rings. The molecule has 0 saturated heterocycles. The highest BCUT2D eigenvalue weighted by Crippen LogP contribution is 2.15. The van der Waals surface area contributed by atoms with Gasteiger partial charge in [-0.1, -0.05) is 36.4 Å². The van der Waals surface area contributed by atoms with E-state index in [2.05, 4.69) is 0 Å². The van der Waals surface area contributed by atoms with Crippen molar-refractivity contribution >= 4 is 17.9 Å². The summed E-state index contributed by atoms with van der Waals surface area (Å²) in [5, 5.41) is 9.86. The highest BCUT2D eigenvalue weighted by molar-refractivity contribution is 6.02. The maximum Gasteiger partial charge on any atom is 0.182 e. The third-order valence-electron chi connectivity index (χ3n) is 3.36. The summed E-state index contributed by atoms with van der Waals surface area (Å²) in [4.78, 5) is 11.9. The van der Waals surface area contributed by atoms with Crippen LogP contribution < -0.4 is 9.47 Å². The summed E-state index contributed by atoms with van der Waals surface area (Å²) in [5.74, 6) is 1.01. The van der Waals surface area contributed by atoms with Crippen LogP contribution in [0.3, 0.4) is 0 Å². The van der Waals surface area contributed by atoms with Crippen molar-refractivity contribution in [1.29, 1.82) is 0 Å². The number of allylic oxidation sites excluding steroid dienone is 3. The Kier molecular flexibility index (Phi) is 6.60. The average molecular weight is 336 g/mol. The lowest BCUT2D eigenvalue weighted by Crippen LogP contribution is -1.89. The van der Waals surface area contributed by atoms with Crippen LogP contribution in [0, 0.1) is 0 Å².